The summed E-state index contributed by atoms with van der Waals surface area (Å²) < 4.78 is 13.3. The zero-order valence-electron chi connectivity index (χ0n) is 16.3. The molecule has 1 aromatic carbocycles. The molecule has 2 aliphatic rings. The largest absolute Gasteiger partial charge is 0.508 e. The minimum atomic E-state index is 0.177. The Kier molecular flexibility index (Phi) is 4.59. The Labute approximate surface area is 168 Å². The van der Waals surface area contributed by atoms with Gasteiger partial charge in [0.15, 0.2) is 17.4 Å². The molecule has 0 aliphatic carbocycles. The third-order valence-corrected chi connectivity index (χ3v) is 5.45. The van der Waals surface area contributed by atoms with Crippen molar-refractivity contribution in [1.82, 2.24) is 19.8 Å². The van der Waals surface area contributed by atoms with E-state index in [2.05, 4.69) is 27.3 Å². The molecule has 2 aromatic heterocycles. The highest BCUT2D eigenvalue weighted by atomic mass is 16.5. The van der Waals surface area contributed by atoms with Crippen LogP contribution in [0.3, 0.4) is 0 Å². The van der Waals surface area contributed by atoms with Gasteiger partial charge in [-0.15, -0.1) is 15.3 Å². The molecule has 1 saturated heterocycles. The molecule has 3 aromatic rings. The summed E-state index contributed by atoms with van der Waals surface area (Å²) in [7, 11) is 0. The van der Waals surface area contributed by atoms with Crippen LogP contribution in [-0.4, -0.2) is 63.9 Å². The second kappa shape index (κ2) is 7.40. The maximum absolute atomic E-state index is 9.90. The van der Waals surface area contributed by atoms with Crippen LogP contribution in [0.15, 0.2) is 24.3 Å². The SMILES string of the molecule is CCN1CCOc2c(NC3CCOCC3)nn3c(-c4cccc(O)c4)nnc3c21. The molecule has 1 fully saturated rings. The minimum absolute atomic E-state index is 0.177. The molecule has 0 unspecified atom stereocenters. The highest BCUT2D eigenvalue weighted by molar-refractivity contribution is 5.83. The van der Waals surface area contributed by atoms with Gasteiger partial charge in [-0.2, -0.15) is 4.52 Å². The van der Waals surface area contributed by atoms with Crippen LogP contribution in [0, 0.1) is 0 Å². The van der Waals surface area contributed by atoms with E-state index < -0.39 is 0 Å². The molecule has 9 heteroatoms. The van der Waals surface area contributed by atoms with E-state index in [1.54, 1.807) is 22.7 Å². The van der Waals surface area contributed by atoms with Crippen LogP contribution >= 0.6 is 0 Å². The van der Waals surface area contributed by atoms with E-state index in [-0.39, 0.29) is 11.8 Å². The van der Waals surface area contributed by atoms with Gasteiger partial charge in [0.1, 0.15) is 18.0 Å². The molecule has 2 aliphatic heterocycles. The Balaban J connectivity index is 1.67. The lowest BCUT2D eigenvalue weighted by molar-refractivity contribution is 0.0903. The van der Waals surface area contributed by atoms with Gasteiger partial charge in [0.2, 0.25) is 5.65 Å². The first-order valence-corrected chi connectivity index (χ1v) is 10.1. The van der Waals surface area contributed by atoms with Crippen LogP contribution in [0.2, 0.25) is 0 Å². The van der Waals surface area contributed by atoms with Crippen LogP contribution in [0.25, 0.3) is 17.0 Å². The van der Waals surface area contributed by atoms with E-state index >= 15 is 0 Å². The maximum atomic E-state index is 9.90. The number of nitrogens with zero attached hydrogens (tertiary/aromatic N) is 5. The van der Waals surface area contributed by atoms with Crippen LogP contribution in [-0.2, 0) is 4.74 Å². The molecule has 0 atom stereocenters. The van der Waals surface area contributed by atoms with Gasteiger partial charge in [-0.1, -0.05) is 12.1 Å². The maximum Gasteiger partial charge on any atom is 0.205 e. The second-order valence-corrected chi connectivity index (χ2v) is 7.29. The fraction of sp³-hybridized carbons (Fsp3) is 0.450. The van der Waals surface area contributed by atoms with Crippen LogP contribution < -0.4 is 15.0 Å². The van der Waals surface area contributed by atoms with Crippen molar-refractivity contribution in [2.24, 2.45) is 0 Å². The quantitative estimate of drug-likeness (QED) is 0.693. The molecule has 0 amide bonds. The smallest absolute Gasteiger partial charge is 0.205 e. The molecule has 4 heterocycles. The summed E-state index contributed by atoms with van der Waals surface area (Å²) in [5, 5.41) is 27.1. The molecule has 0 spiro atoms. The molecule has 2 N–H and O–H groups in total. The Bertz CT molecular complexity index is 1030. The number of nitrogens with one attached hydrogen (secondary N) is 1. The third-order valence-electron chi connectivity index (χ3n) is 5.45. The van der Waals surface area contributed by atoms with E-state index in [1.807, 2.05) is 6.07 Å². The lowest BCUT2D eigenvalue weighted by Gasteiger charge is -2.32. The van der Waals surface area contributed by atoms with Crippen LogP contribution in [0.4, 0.5) is 11.5 Å². The normalized spacial score (nSPS) is 17.2. The summed E-state index contributed by atoms with van der Waals surface area (Å²) in [4.78, 5) is 2.24. The first-order valence-electron chi connectivity index (χ1n) is 10.1. The fourth-order valence-electron chi connectivity index (χ4n) is 3.94. The average molecular weight is 396 g/mol. The minimum Gasteiger partial charge on any atom is -0.508 e. The zero-order valence-corrected chi connectivity index (χ0v) is 16.3. The van der Waals surface area contributed by atoms with Crippen molar-refractivity contribution in [1.29, 1.82) is 0 Å². The van der Waals surface area contributed by atoms with E-state index in [4.69, 9.17) is 14.6 Å². The van der Waals surface area contributed by atoms with E-state index in [9.17, 15) is 5.11 Å². The number of rotatable bonds is 4. The number of hydrogen-bond acceptors (Lipinski definition) is 8. The van der Waals surface area contributed by atoms with Crippen LogP contribution in [0.5, 0.6) is 11.5 Å². The third kappa shape index (κ3) is 3.21. The van der Waals surface area contributed by atoms with Crippen molar-refractivity contribution in [2.75, 3.05) is 43.1 Å². The molecular formula is C20H24N6O3. The summed E-state index contributed by atoms with van der Waals surface area (Å²) in [5.41, 5.74) is 2.31. The summed E-state index contributed by atoms with van der Waals surface area (Å²) in [5.74, 6) is 2.18. The van der Waals surface area contributed by atoms with Gasteiger partial charge in [-0.05, 0) is 31.9 Å². The number of phenols is 1. The topological polar surface area (TPSA) is 97.0 Å². The number of fused-ring (bicyclic) bond motifs is 3. The highest BCUT2D eigenvalue weighted by Gasteiger charge is 2.29. The van der Waals surface area contributed by atoms with Crippen molar-refractivity contribution in [3.8, 4) is 22.9 Å². The molecular weight excluding hydrogens is 372 g/mol. The van der Waals surface area contributed by atoms with Crippen molar-refractivity contribution in [2.45, 2.75) is 25.8 Å². The molecule has 0 radical (unpaired) electrons. The monoisotopic (exact) mass is 396 g/mol. The lowest BCUT2D eigenvalue weighted by atomic mass is 10.1. The fourth-order valence-corrected chi connectivity index (χ4v) is 3.94. The number of likely N-dealkylation sites (N-methyl/N-ethyl adjacent to an activating group) is 1. The zero-order chi connectivity index (χ0) is 19.8. The number of aromatic nitrogens is 4. The van der Waals surface area contributed by atoms with Gasteiger partial charge in [-0.3, -0.25) is 0 Å². The van der Waals surface area contributed by atoms with E-state index in [1.165, 1.54) is 0 Å². The summed E-state index contributed by atoms with van der Waals surface area (Å²) in [6, 6.07) is 7.24. The van der Waals surface area contributed by atoms with Crippen LogP contribution in [0.1, 0.15) is 19.8 Å². The Morgan fingerprint density at radius 2 is 2.07 bits per heavy atom. The second-order valence-electron chi connectivity index (χ2n) is 7.29. The number of benzene rings is 1. The van der Waals surface area contributed by atoms with E-state index in [0.29, 0.717) is 23.9 Å². The molecule has 0 saturated carbocycles. The summed E-state index contributed by atoms with van der Waals surface area (Å²) in [6.45, 7) is 5.82. The lowest BCUT2D eigenvalue weighted by Crippen LogP contribution is -2.35. The molecule has 29 heavy (non-hydrogen) atoms. The molecule has 9 nitrogen and oxygen atoms in total. The number of ether oxygens (including phenoxy) is 2. The number of anilines is 2. The van der Waals surface area contributed by atoms with Gasteiger partial charge in [-0.25, -0.2) is 0 Å². The van der Waals surface area contributed by atoms with E-state index in [0.717, 1.165) is 56.1 Å². The van der Waals surface area contributed by atoms with Gasteiger partial charge in [0.25, 0.3) is 0 Å². The molecule has 5 rings (SSSR count). The predicted octanol–water partition coefficient (Wildman–Crippen LogP) is 2.31. The number of phenolic OH excluding ortho intramolecular Hbond substituents is 1. The predicted molar refractivity (Wildman–Crippen MR) is 109 cm³/mol. The van der Waals surface area contributed by atoms with Crippen molar-refractivity contribution in [3.05, 3.63) is 24.3 Å². The number of aromatic hydroxyl groups is 1. The average Bonchev–Trinajstić information content (AvgIpc) is 3.18. The first-order chi connectivity index (χ1) is 14.2. The Hall–Kier alpha value is -3.07. The Morgan fingerprint density at radius 1 is 1.21 bits per heavy atom. The standard InChI is InChI=1S/C20H24N6O3/c1-2-25-8-11-29-17-16(25)20-23-22-19(13-4-3-5-15(27)12-13)26(20)24-18(17)21-14-6-9-28-10-7-14/h3-5,12,14,27H,2,6-11H2,1H3,(H,21,24). The van der Waals surface area contributed by atoms with Gasteiger partial charge < -0.3 is 24.8 Å². The van der Waals surface area contributed by atoms with Crippen molar-refractivity contribution >= 4 is 17.2 Å². The molecule has 152 valence electrons. The van der Waals surface area contributed by atoms with Gasteiger partial charge in [0.05, 0.1) is 6.54 Å². The van der Waals surface area contributed by atoms with Crippen molar-refractivity contribution < 1.29 is 14.6 Å². The highest BCUT2D eigenvalue weighted by Crippen LogP contribution is 2.41. The first kappa shape index (κ1) is 18.0. The Morgan fingerprint density at radius 3 is 2.86 bits per heavy atom. The number of hydrogen-bond donors (Lipinski definition) is 2. The molecule has 0 bridgehead atoms. The van der Waals surface area contributed by atoms with Gasteiger partial charge in [0, 0.05) is 31.4 Å². The van der Waals surface area contributed by atoms with Gasteiger partial charge >= 0.3 is 0 Å². The summed E-state index contributed by atoms with van der Waals surface area (Å²) in [6.07, 6.45) is 1.85. The summed E-state index contributed by atoms with van der Waals surface area (Å²) >= 11 is 0. The van der Waals surface area contributed by atoms with Crippen molar-refractivity contribution in [3.63, 3.8) is 0 Å².